The second kappa shape index (κ2) is 7.70. The van der Waals surface area contributed by atoms with Crippen LogP contribution in [-0.4, -0.2) is 62.1 Å². The van der Waals surface area contributed by atoms with Crippen LogP contribution in [0.15, 0.2) is 39.9 Å². The number of carbonyl (C=O) groups is 1. The number of carboxylic acid groups (broad SMARTS) is 1. The average molecular weight is 420 g/mol. The maximum absolute atomic E-state index is 11.7. The molecule has 2 fully saturated rings. The molecule has 9 heteroatoms. The Morgan fingerprint density at radius 1 is 1.10 bits per heavy atom. The number of sulfone groups is 1. The van der Waals surface area contributed by atoms with E-state index in [2.05, 4.69) is 10.1 Å². The summed E-state index contributed by atoms with van der Waals surface area (Å²) in [6.45, 7) is 2.74. The molecule has 0 saturated carbocycles. The minimum Gasteiger partial charge on any atom is -0.465 e. The quantitative estimate of drug-likeness (QED) is 0.812. The van der Waals surface area contributed by atoms with Gasteiger partial charge in [-0.15, -0.1) is 0 Å². The van der Waals surface area contributed by atoms with Gasteiger partial charge in [-0.05, 0) is 49.4 Å². The molecular formula is C20H25N3O5S. The Morgan fingerprint density at radius 2 is 1.76 bits per heavy atom. The van der Waals surface area contributed by atoms with Gasteiger partial charge < -0.3 is 19.4 Å². The number of likely N-dealkylation sites (tertiary alicyclic amines) is 1. The number of aromatic nitrogens is 1. The van der Waals surface area contributed by atoms with Crippen molar-refractivity contribution in [1.29, 1.82) is 0 Å². The first kappa shape index (κ1) is 19.8. The second-order valence-electron chi connectivity index (χ2n) is 7.90. The molecule has 0 spiro atoms. The lowest BCUT2D eigenvalue weighted by molar-refractivity contribution is 0.132. The maximum atomic E-state index is 11.7. The number of hydrogen-bond donors (Lipinski definition) is 1. The molecule has 2 aromatic rings. The Balaban J connectivity index is 1.44. The lowest BCUT2D eigenvalue weighted by Gasteiger charge is -2.30. The van der Waals surface area contributed by atoms with Gasteiger partial charge in [-0.2, -0.15) is 0 Å². The van der Waals surface area contributed by atoms with E-state index in [-0.39, 0.29) is 11.8 Å². The van der Waals surface area contributed by atoms with E-state index in [0.717, 1.165) is 49.3 Å². The van der Waals surface area contributed by atoms with E-state index >= 15 is 0 Å². The van der Waals surface area contributed by atoms with Gasteiger partial charge in [-0.3, -0.25) is 0 Å². The van der Waals surface area contributed by atoms with E-state index in [1.165, 1.54) is 11.2 Å². The molecule has 29 heavy (non-hydrogen) atoms. The number of rotatable bonds is 4. The fraction of sp³-hybridized carbons (Fsp3) is 0.500. The second-order valence-corrected chi connectivity index (χ2v) is 9.91. The van der Waals surface area contributed by atoms with Crippen LogP contribution >= 0.6 is 0 Å². The van der Waals surface area contributed by atoms with Crippen molar-refractivity contribution in [2.45, 2.75) is 36.0 Å². The third-order valence-electron chi connectivity index (χ3n) is 6.04. The Morgan fingerprint density at radius 3 is 2.38 bits per heavy atom. The van der Waals surface area contributed by atoms with E-state index in [1.807, 2.05) is 12.1 Å². The lowest BCUT2D eigenvalue weighted by atomic mass is 9.86. The van der Waals surface area contributed by atoms with Crippen molar-refractivity contribution in [3.63, 3.8) is 0 Å². The number of benzene rings is 1. The van der Waals surface area contributed by atoms with Crippen molar-refractivity contribution < 1.29 is 22.8 Å². The molecule has 0 radical (unpaired) electrons. The van der Waals surface area contributed by atoms with Crippen molar-refractivity contribution in [2.75, 3.05) is 37.3 Å². The van der Waals surface area contributed by atoms with Gasteiger partial charge in [0.15, 0.2) is 9.84 Å². The standard InChI is InChI=1S/C20H25N3O5S/c1-29(26,27)17-4-2-16(3-5-17)23-11-8-15(12-23)19-18(13-28-21-19)14-6-9-22(10-7-14)20(24)25/h2-5,13-15H,6-12H2,1H3,(H,24,25). The van der Waals surface area contributed by atoms with E-state index in [4.69, 9.17) is 9.63 Å². The molecule has 0 aliphatic carbocycles. The fourth-order valence-corrected chi connectivity index (χ4v) is 5.00. The lowest BCUT2D eigenvalue weighted by Crippen LogP contribution is -2.37. The third kappa shape index (κ3) is 4.10. The summed E-state index contributed by atoms with van der Waals surface area (Å²) in [5.41, 5.74) is 3.09. The molecular weight excluding hydrogens is 394 g/mol. The van der Waals surface area contributed by atoms with Gasteiger partial charge in [-0.25, -0.2) is 13.2 Å². The van der Waals surface area contributed by atoms with Crippen LogP contribution in [-0.2, 0) is 9.84 Å². The molecule has 2 saturated heterocycles. The largest absolute Gasteiger partial charge is 0.465 e. The molecule has 4 rings (SSSR count). The van der Waals surface area contributed by atoms with Crippen LogP contribution in [0.25, 0.3) is 0 Å². The number of anilines is 1. The molecule has 1 atom stereocenters. The van der Waals surface area contributed by atoms with Gasteiger partial charge in [0.2, 0.25) is 0 Å². The molecule has 3 heterocycles. The molecule has 0 bridgehead atoms. The molecule has 8 nitrogen and oxygen atoms in total. The highest BCUT2D eigenvalue weighted by Gasteiger charge is 2.32. The summed E-state index contributed by atoms with van der Waals surface area (Å²) in [5, 5.41) is 13.4. The summed E-state index contributed by atoms with van der Waals surface area (Å²) >= 11 is 0. The first-order valence-electron chi connectivity index (χ1n) is 9.80. The summed E-state index contributed by atoms with van der Waals surface area (Å²) < 4.78 is 28.6. The molecule has 1 unspecified atom stereocenters. The molecule has 1 N–H and O–H groups in total. The number of amides is 1. The zero-order valence-electron chi connectivity index (χ0n) is 16.3. The number of piperidine rings is 1. The zero-order chi connectivity index (χ0) is 20.6. The van der Waals surface area contributed by atoms with Gasteiger partial charge in [0.05, 0.1) is 10.6 Å². The minimum absolute atomic E-state index is 0.246. The summed E-state index contributed by atoms with van der Waals surface area (Å²) in [7, 11) is -3.20. The molecule has 2 aliphatic heterocycles. The maximum Gasteiger partial charge on any atom is 0.407 e. The van der Waals surface area contributed by atoms with E-state index in [1.54, 1.807) is 18.4 Å². The number of hydrogen-bond acceptors (Lipinski definition) is 6. The highest BCUT2D eigenvalue weighted by molar-refractivity contribution is 7.90. The van der Waals surface area contributed by atoms with Crippen LogP contribution in [0.3, 0.4) is 0 Å². The van der Waals surface area contributed by atoms with Crippen LogP contribution in [0.1, 0.15) is 42.4 Å². The average Bonchev–Trinajstić information content (AvgIpc) is 3.37. The molecule has 2 aliphatic rings. The minimum atomic E-state index is -3.20. The summed E-state index contributed by atoms with van der Waals surface area (Å²) in [4.78, 5) is 15.1. The summed E-state index contributed by atoms with van der Waals surface area (Å²) in [5.74, 6) is 0.519. The highest BCUT2D eigenvalue weighted by Crippen LogP contribution is 2.37. The third-order valence-corrected chi connectivity index (χ3v) is 7.17. The van der Waals surface area contributed by atoms with Gasteiger partial charge in [0, 0.05) is 49.6 Å². The van der Waals surface area contributed by atoms with Gasteiger partial charge >= 0.3 is 6.09 Å². The van der Waals surface area contributed by atoms with Crippen LogP contribution < -0.4 is 4.90 Å². The highest BCUT2D eigenvalue weighted by atomic mass is 32.2. The van der Waals surface area contributed by atoms with Gasteiger partial charge in [-0.1, -0.05) is 5.16 Å². The van der Waals surface area contributed by atoms with Crippen LogP contribution in [0, 0.1) is 0 Å². The normalized spacial score (nSPS) is 20.9. The van der Waals surface area contributed by atoms with Crippen LogP contribution in [0.2, 0.25) is 0 Å². The summed E-state index contributed by atoms with van der Waals surface area (Å²) in [6, 6.07) is 7.00. The topological polar surface area (TPSA) is 104 Å². The first-order chi connectivity index (χ1) is 13.8. The predicted octanol–water partition coefficient (Wildman–Crippen LogP) is 2.93. The van der Waals surface area contributed by atoms with E-state index in [9.17, 15) is 13.2 Å². The monoisotopic (exact) mass is 419 g/mol. The molecule has 1 amide bonds. The Bertz CT molecular complexity index is 978. The van der Waals surface area contributed by atoms with Crippen molar-refractivity contribution in [3.05, 3.63) is 41.8 Å². The SMILES string of the molecule is CS(=O)(=O)c1ccc(N2CCC(c3nocc3C3CCN(C(=O)O)CC3)C2)cc1. The van der Waals surface area contributed by atoms with E-state index in [0.29, 0.717) is 18.0 Å². The Hall–Kier alpha value is -2.55. The van der Waals surface area contributed by atoms with Crippen molar-refractivity contribution >= 4 is 21.6 Å². The van der Waals surface area contributed by atoms with Crippen molar-refractivity contribution in [1.82, 2.24) is 10.1 Å². The van der Waals surface area contributed by atoms with Gasteiger partial charge in [0.25, 0.3) is 0 Å². The molecule has 156 valence electrons. The number of nitrogens with zero attached hydrogens (tertiary/aromatic N) is 3. The Labute approximate surface area is 170 Å². The first-order valence-corrected chi connectivity index (χ1v) is 11.7. The predicted molar refractivity (Wildman–Crippen MR) is 107 cm³/mol. The van der Waals surface area contributed by atoms with Crippen molar-refractivity contribution in [3.8, 4) is 0 Å². The molecule has 1 aromatic carbocycles. The van der Waals surface area contributed by atoms with Crippen LogP contribution in [0.5, 0.6) is 0 Å². The van der Waals surface area contributed by atoms with E-state index < -0.39 is 15.9 Å². The van der Waals surface area contributed by atoms with Crippen molar-refractivity contribution in [2.24, 2.45) is 0 Å². The van der Waals surface area contributed by atoms with Gasteiger partial charge in [0.1, 0.15) is 6.26 Å². The summed E-state index contributed by atoms with van der Waals surface area (Å²) in [6.07, 6.45) is 4.58. The Kier molecular flexibility index (Phi) is 5.24. The fourth-order valence-electron chi connectivity index (χ4n) is 4.37. The van der Waals surface area contributed by atoms with Crippen LogP contribution in [0.4, 0.5) is 10.5 Å². The smallest absolute Gasteiger partial charge is 0.407 e. The molecule has 1 aromatic heterocycles. The zero-order valence-corrected chi connectivity index (χ0v) is 17.1.